The highest BCUT2D eigenvalue weighted by Crippen LogP contribution is 2.24. The molecule has 1 rings (SSSR count). The molecule has 7 nitrogen and oxygen atoms in total. The predicted molar refractivity (Wildman–Crippen MR) is 51.0 cm³/mol. The van der Waals surface area contributed by atoms with Gasteiger partial charge in [-0.15, -0.1) is 0 Å². The minimum atomic E-state index is -0.780. The largest absolute Gasteiger partial charge is 0.346 e. The van der Waals surface area contributed by atoms with Gasteiger partial charge in [0.2, 0.25) is 0 Å². The van der Waals surface area contributed by atoms with E-state index in [4.69, 9.17) is 5.26 Å². The molecule has 0 aromatic heterocycles. The zero-order valence-corrected chi connectivity index (χ0v) is 7.78. The molecule has 0 aliphatic rings. The van der Waals surface area contributed by atoms with E-state index in [0.717, 1.165) is 12.1 Å². The maximum atomic E-state index is 10.2. The zero-order chi connectivity index (χ0) is 11.8. The van der Waals surface area contributed by atoms with Gasteiger partial charge in [0.25, 0.3) is 0 Å². The lowest BCUT2D eigenvalue weighted by Crippen LogP contribution is -1.95. The van der Waals surface area contributed by atoms with Crippen LogP contribution >= 0.6 is 0 Å². The summed E-state index contributed by atoms with van der Waals surface area (Å²) in [4.78, 5) is 18.9. The summed E-state index contributed by atoms with van der Waals surface area (Å²) in [5.74, 6) is 0. The zero-order valence-electron chi connectivity index (χ0n) is 7.78. The number of benzene rings is 1. The first-order valence-electron chi connectivity index (χ1n) is 3.73. The Kier molecular flexibility index (Phi) is 5.04. The van der Waals surface area contributed by atoms with Crippen molar-refractivity contribution in [3.8, 4) is 6.07 Å². The maximum Gasteiger partial charge on any atom is 0.346 e. The maximum absolute atomic E-state index is 10.2. The molecular weight excluding hydrogens is 202 g/mol. The molecule has 0 aliphatic carbocycles. The third-order valence-corrected chi connectivity index (χ3v) is 1.28. The van der Waals surface area contributed by atoms with Gasteiger partial charge < -0.3 is 0 Å². The summed E-state index contributed by atoms with van der Waals surface area (Å²) in [6.07, 6.45) is 0. The highest BCUT2D eigenvalue weighted by atomic mass is 16.6. The topological polar surface area (TPSA) is 110 Å². The van der Waals surface area contributed by atoms with Gasteiger partial charge in [-0.25, -0.2) is 0 Å². The van der Waals surface area contributed by atoms with Crippen LogP contribution in [0, 0.1) is 31.6 Å². The SMILES string of the molecule is CC#N.O=[N+]([O-])c1ccccc1[N+](=O)[O-]. The van der Waals surface area contributed by atoms with Gasteiger partial charge in [0.1, 0.15) is 0 Å². The number of rotatable bonds is 2. The lowest BCUT2D eigenvalue weighted by molar-refractivity contribution is -0.422. The first-order valence-corrected chi connectivity index (χ1v) is 3.73. The van der Waals surface area contributed by atoms with Crippen LogP contribution < -0.4 is 0 Å². The average Bonchev–Trinajstić information content (AvgIpc) is 2.19. The Morgan fingerprint density at radius 2 is 1.40 bits per heavy atom. The number of para-hydroxylation sites is 2. The van der Waals surface area contributed by atoms with E-state index in [2.05, 4.69) is 0 Å². The van der Waals surface area contributed by atoms with E-state index in [1.807, 2.05) is 0 Å². The molecule has 0 spiro atoms. The van der Waals surface area contributed by atoms with Crippen LogP contribution in [0.5, 0.6) is 0 Å². The van der Waals surface area contributed by atoms with Crippen LogP contribution in [0.1, 0.15) is 6.92 Å². The Labute approximate surface area is 84.9 Å². The summed E-state index contributed by atoms with van der Waals surface area (Å²) in [5.41, 5.74) is -0.968. The molecule has 0 aliphatic heterocycles. The molecule has 1 aromatic rings. The van der Waals surface area contributed by atoms with Crippen molar-refractivity contribution in [2.24, 2.45) is 0 Å². The molecule has 0 fully saturated rings. The predicted octanol–water partition coefficient (Wildman–Crippen LogP) is 2.03. The minimum Gasteiger partial charge on any atom is -0.258 e. The van der Waals surface area contributed by atoms with Crippen LogP contribution in [0.15, 0.2) is 24.3 Å². The van der Waals surface area contributed by atoms with Crippen LogP contribution in [0.4, 0.5) is 11.4 Å². The van der Waals surface area contributed by atoms with E-state index in [1.54, 1.807) is 6.07 Å². The molecule has 0 unspecified atom stereocenters. The quantitative estimate of drug-likeness (QED) is 0.546. The van der Waals surface area contributed by atoms with Gasteiger partial charge in [0.15, 0.2) is 0 Å². The Balaban J connectivity index is 0.000000583. The lowest BCUT2D eigenvalue weighted by atomic mass is 10.3. The molecule has 0 amide bonds. The van der Waals surface area contributed by atoms with Crippen LogP contribution in [0.2, 0.25) is 0 Å². The van der Waals surface area contributed by atoms with Gasteiger partial charge in [-0.05, 0) is 0 Å². The van der Waals surface area contributed by atoms with Gasteiger partial charge in [-0.1, -0.05) is 12.1 Å². The molecule has 0 saturated heterocycles. The summed E-state index contributed by atoms with van der Waals surface area (Å²) >= 11 is 0. The Bertz CT molecular complexity index is 378. The van der Waals surface area contributed by atoms with Crippen molar-refractivity contribution >= 4 is 11.4 Å². The van der Waals surface area contributed by atoms with Crippen molar-refractivity contribution in [1.82, 2.24) is 0 Å². The smallest absolute Gasteiger partial charge is 0.258 e. The molecule has 0 heterocycles. The highest BCUT2D eigenvalue weighted by Gasteiger charge is 2.21. The number of nitrogens with zero attached hydrogens (tertiary/aromatic N) is 3. The molecular formula is C8H7N3O4. The second kappa shape index (κ2) is 6.04. The Hall–Kier alpha value is -2.49. The van der Waals surface area contributed by atoms with Crippen molar-refractivity contribution < 1.29 is 9.85 Å². The second-order valence-corrected chi connectivity index (χ2v) is 2.23. The first-order chi connectivity index (χ1) is 7.04. The third kappa shape index (κ3) is 3.82. The minimum absolute atomic E-state index is 0.484. The summed E-state index contributed by atoms with van der Waals surface area (Å²) in [5, 5.41) is 27.8. The fourth-order valence-electron chi connectivity index (χ4n) is 0.773. The van der Waals surface area contributed by atoms with Gasteiger partial charge in [-0.2, -0.15) is 5.26 Å². The molecule has 0 atom stereocenters. The summed E-state index contributed by atoms with van der Waals surface area (Å²) < 4.78 is 0. The van der Waals surface area contributed by atoms with E-state index in [1.165, 1.54) is 19.1 Å². The molecule has 0 saturated carbocycles. The van der Waals surface area contributed by atoms with Crippen molar-refractivity contribution in [3.63, 3.8) is 0 Å². The van der Waals surface area contributed by atoms with Gasteiger partial charge >= 0.3 is 11.4 Å². The Morgan fingerprint density at radius 1 is 1.13 bits per heavy atom. The standard InChI is InChI=1S/C6H4N2O4.C2H3N/c9-7(10)5-3-1-2-4-6(5)8(11)12;1-2-3/h1-4H;1H3. The molecule has 1 aromatic carbocycles. The van der Waals surface area contributed by atoms with Gasteiger partial charge in [0, 0.05) is 19.1 Å². The number of hydrogen-bond acceptors (Lipinski definition) is 5. The van der Waals surface area contributed by atoms with E-state index < -0.39 is 21.2 Å². The second-order valence-electron chi connectivity index (χ2n) is 2.23. The molecule has 0 radical (unpaired) electrons. The molecule has 0 bridgehead atoms. The number of nitriles is 1. The highest BCUT2D eigenvalue weighted by molar-refractivity contribution is 5.51. The summed E-state index contributed by atoms with van der Waals surface area (Å²) in [7, 11) is 0. The van der Waals surface area contributed by atoms with Crippen LogP contribution in [-0.2, 0) is 0 Å². The first kappa shape index (κ1) is 12.5. The van der Waals surface area contributed by atoms with E-state index in [0.29, 0.717) is 0 Å². The van der Waals surface area contributed by atoms with Crippen molar-refractivity contribution in [2.45, 2.75) is 6.92 Å². The summed E-state index contributed by atoms with van der Waals surface area (Å²) in [6.45, 7) is 1.43. The fourth-order valence-corrected chi connectivity index (χ4v) is 0.773. The number of nitro groups is 2. The van der Waals surface area contributed by atoms with E-state index in [9.17, 15) is 20.2 Å². The van der Waals surface area contributed by atoms with Crippen molar-refractivity contribution in [3.05, 3.63) is 44.5 Å². The Morgan fingerprint density at radius 3 is 1.60 bits per heavy atom. The average molecular weight is 209 g/mol. The van der Waals surface area contributed by atoms with Crippen LogP contribution in [0.3, 0.4) is 0 Å². The van der Waals surface area contributed by atoms with E-state index >= 15 is 0 Å². The number of hydrogen-bond donors (Lipinski definition) is 0. The van der Waals surface area contributed by atoms with E-state index in [-0.39, 0.29) is 0 Å². The molecule has 78 valence electrons. The monoisotopic (exact) mass is 209 g/mol. The van der Waals surface area contributed by atoms with Gasteiger partial charge in [0.05, 0.1) is 15.9 Å². The lowest BCUT2D eigenvalue weighted by Gasteiger charge is -1.91. The molecule has 0 N–H and O–H groups in total. The van der Waals surface area contributed by atoms with Gasteiger partial charge in [-0.3, -0.25) is 20.2 Å². The number of nitro benzene ring substituents is 2. The third-order valence-electron chi connectivity index (χ3n) is 1.28. The molecule has 15 heavy (non-hydrogen) atoms. The van der Waals surface area contributed by atoms with Crippen molar-refractivity contribution in [1.29, 1.82) is 5.26 Å². The normalized spacial score (nSPS) is 8.00. The van der Waals surface area contributed by atoms with Crippen LogP contribution in [-0.4, -0.2) is 9.85 Å². The fraction of sp³-hybridized carbons (Fsp3) is 0.125. The summed E-state index contributed by atoms with van der Waals surface area (Å²) in [6, 6.07) is 6.70. The molecule has 7 heteroatoms. The van der Waals surface area contributed by atoms with Crippen molar-refractivity contribution in [2.75, 3.05) is 0 Å². The van der Waals surface area contributed by atoms with Crippen LogP contribution in [0.25, 0.3) is 0 Å².